The van der Waals surface area contributed by atoms with Crippen molar-refractivity contribution in [1.82, 2.24) is 0 Å². The minimum atomic E-state index is -0.841. The highest BCUT2D eigenvalue weighted by molar-refractivity contribution is 5.87. The van der Waals surface area contributed by atoms with Crippen LogP contribution in [0.25, 0.3) is 0 Å². The van der Waals surface area contributed by atoms with Crippen LogP contribution in [-0.2, 0) is 20.7 Å². The van der Waals surface area contributed by atoms with Gasteiger partial charge in [0.2, 0.25) is 0 Å². The maximum Gasteiger partial charge on any atom is 0.171 e. The van der Waals surface area contributed by atoms with E-state index in [4.69, 9.17) is 15.9 Å². The van der Waals surface area contributed by atoms with E-state index in [9.17, 15) is 9.90 Å². The van der Waals surface area contributed by atoms with E-state index in [1.807, 2.05) is 0 Å². The lowest BCUT2D eigenvalue weighted by atomic mass is 9.37. The summed E-state index contributed by atoms with van der Waals surface area (Å²) in [6.45, 7) is 7.95. The van der Waals surface area contributed by atoms with Gasteiger partial charge in [0.1, 0.15) is 5.78 Å². The van der Waals surface area contributed by atoms with Gasteiger partial charge in [-0.3, -0.25) is 4.79 Å². The first-order valence-corrected chi connectivity index (χ1v) is 14.2. The molecular formula is C32H40O4. The average molecular weight is 489 g/mol. The number of hydrogen-bond acceptors (Lipinski definition) is 4. The number of aliphatic hydroxyl groups is 1. The number of ketones is 1. The summed E-state index contributed by atoms with van der Waals surface area (Å²) in [6, 6.07) is 6.51. The predicted molar refractivity (Wildman–Crippen MR) is 137 cm³/mol. The quantitative estimate of drug-likeness (QED) is 0.497. The van der Waals surface area contributed by atoms with Crippen molar-refractivity contribution in [2.75, 3.05) is 13.2 Å². The Kier molecular flexibility index (Phi) is 4.72. The van der Waals surface area contributed by atoms with Crippen molar-refractivity contribution in [3.05, 3.63) is 34.9 Å². The molecule has 7 atom stereocenters. The maximum atomic E-state index is 13.3. The second-order valence-corrected chi connectivity index (χ2v) is 14.3. The van der Waals surface area contributed by atoms with E-state index < -0.39 is 11.4 Å². The van der Waals surface area contributed by atoms with Crippen LogP contribution in [0.4, 0.5) is 0 Å². The third-order valence-corrected chi connectivity index (χ3v) is 11.8. The minimum absolute atomic E-state index is 0.00397. The molecule has 0 bridgehead atoms. The van der Waals surface area contributed by atoms with Gasteiger partial charge in [-0.25, -0.2) is 0 Å². The number of carbonyl (C=O) groups is 1. The summed E-state index contributed by atoms with van der Waals surface area (Å²) in [5, 5.41) is 12.7. The fraction of sp³-hybridized carbons (Fsp3) is 0.719. The van der Waals surface area contributed by atoms with Gasteiger partial charge in [0.05, 0.1) is 18.8 Å². The Labute approximate surface area is 215 Å². The number of Topliss-reactive ketones (excluding diaryl/α,β-unsaturated/α-hetero) is 1. The van der Waals surface area contributed by atoms with Crippen LogP contribution in [0.5, 0.6) is 0 Å². The molecule has 7 rings (SSSR count). The van der Waals surface area contributed by atoms with Gasteiger partial charge in [-0.15, -0.1) is 6.42 Å². The van der Waals surface area contributed by atoms with E-state index in [1.165, 1.54) is 11.1 Å². The number of rotatable bonds is 0. The summed E-state index contributed by atoms with van der Waals surface area (Å²) in [6.07, 6.45) is 13.4. The lowest BCUT2D eigenvalue weighted by Gasteiger charge is -2.69. The zero-order valence-corrected chi connectivity index (χ0v) is 22.1. The molecule has 0 aromatic heterocycles. The van der Waals surface area contributed by atoms with Gasteiger partial charge in [0.25, 0.3) is 0 Å². The van der Waals surface area contributed by atoms with Gasteiger partial charge in [-0.2, -0.15) is 0 Å². The number of ether oxygens (including phenoxy) is 2. The summed E-state index contributed by atoms with van der Waals surface area (Å²) in [5.41, 5.74) is 2.28. The van der Waals surface area contributed by atoms with Crippen molar-refractivity contribution < 1.29 is 19.4 Å². The molecule has 1 aliphatic heterocycles. The Morgan fingerprint density at radius 2 is 1.86 bits per heavy atom. The summed E-state index contributed by atoms with van der Waals surface area (Å²) < 4.78 is 12.9. The summed E-state index contributed by atoms with van der Waals surface area (Å²) in [4.78, 5) is 13.3. The average Bonchev–Trinajstić information content (AvgIpc) is 3.15. The van der Waals surface area contributed by atoms with Crippen molar-refractivity contribution in [2.24, 2.45) is 34.0 Å². The van der Waals surface area contributed by atoms with Crippen LogP contribution in [-0.4, -0.2) is 35.5 Å². The van der Waals surface area contributed by atoms with Crippen LogP contribution in [0.1, 0.15) is 94.7 Å². The highest BCUT2D eigenvalue weighted by Gasteiger charge is 2.72. The van der Waals surface area contributed by atoms with Crippen LogP contribution in [0.2, 0.25) is 0 Å². The van der Waals surface area contributed by atoms with Gasteiger partial charge in [-0.1, -0.05) is 32.8 Å². The monoisotopic (exact) mass is 488 g/mol. The number of hydrogen-bond donors (Lipinski definition) is 1. The molecule has 5 fully saturated rings. The number of terminal acetylenes is 1. The first-order valence-electron chi connectivity index (χ1n) is 14.2. The maximum absolute atomic E-state index is 13.3. The SMILES string of the molecule is C#Cc1ccc2c(c1)C[C@]13CCC4(C[C@]1(O)CC[C@@H]1C3C2C[C@]2(C)C(=O)CC[C@@H]12)OCC(C)(C)CO4. The Bertz CT molecular complexity index is 1170. The zero-order valence-electron chi connectivity index (χ0n) is 22.1. The number of carbonyl (C=O) groups excluding carboxylic acids is 1. The molecule has 2 spiro atoms. The van der Waals surface area contributed by atoms with Crippen molar-refractivity contribution >= 4 is 5.78 Å². The Morgan fingerprint density at radius 1 is 1.08 bits per heavy atom. The van der Waals surface area contributed by atoms with E-state index in [0.29, 0.717) is 49.1 Å². The number of benzene rings is 1. The highest BCUT2D eigenvalue weighted by Crippen LogP contribution is 2.73. The van der Waals surface area contributed by atoms with E-state index in [2.05, 4.69) is 44.9 Å². The van der Waals surface area contributed by atoms with Crippen molar-refractivity contribution in [3.8, 4) is 12.3 Å². The molecule has 4 heteroatoms. The molecule has 1 aromatic carbocycles. The molecule has 1 saturated heterocycles. The van der Waals surface area contributed by atoms with Crippen LogP contribution in [0.15, 0.2) is 18.2 Å². The molecule has 0 radical (unpaired) electrons. The van der Waals surface area contributed by atoms with Gasteiger partial charge in [0.15, 0.2) is 5.79 Å². The molecule has 2 unspecified atom stereocenters. The smallest absolute Gasteiger partial charge is 0.171 e. The predicted octanol–water partition coefficient (Wildman–Crippen LogP) is 5.39. The largest absolute Gasteiger partial charge is 0.389 e. The van der Waals surface area contributed by atoms with E-state index in [0.717, 1.165) is 56.9 Å². The highest BCUT2D eigenvalue weighted by atomic mass is 16.7. The van der Waals surface area contributed by atoms with Crippen molar-refractivity contribution in [3.63, 3.8) is 0 Å². The standard InChI is InChI=1S/C32H40O4/c1-5-20-6-7-22-21(14-20)15-30-12-13-32(35-18-28(2,3)19-36-32)17-31(30,34)11-10-23-25-8-9-26(33)29(25,4)16-24(22)27(23)30/h1,6-7,14,23-25,27,34H,8-13,15-19H2,2-4H3/t23-,24?,25-,27?,29-,30-,31+/m0/s1. The molecule has 1 heterocycles. The van der Waals surface area contributed by atoms with Gasteiger partial charge < -0.3 is 14.6 Å². The molecule has 36 heavy (non-hydrogen) atoms. The molecule has 192 valence electrons. The molecule has 0 amide bonds. The second-order valence-electron chi connectivity index (χ2n) is 14.3. The van der Waals surface area contributed by atoms with Gasteiger partial charge >= 0.3 is 0 Å². The first-order chi connectivity index (χ1) is 17.0. The molecule has 5 aliphatic carbocycles. The lowest BCUT2D eigenvalue weighted by molar-refractivity contribution is -0.357. The third kappa shape index (κ3) is 2.92. The molecule has 1 aromatic rings. The second kappa shape index (κ2) is 7.25. The van der Waals surface area contributed by atoms with Crippen LogP contribution in [0, 0.1) is 46.3 Å². The first kappa shape index (κ1) is 23.4. The van der Waals surface area contributed by atoms with Crippen molar-refractivity contribution in [1.29, 1.82) is 0 Å². The minimum Gasteiger partial charge on any atom is -0.389 e. The summed E-state index contributed by atoms with van der Waals surface area (Å²) in [5.74, 6) is 4.23. The van der Waals surface area contributed by atoms with Crippen LogP contribution < -0.4 is 0 Å². The molecule has 1 N–H and O–H groups in total. The lowest BCUT2D eigenvalue weighted by Crippen LogP contribution is -2.70. The normalized spacial score (nSPS) is 45.7. The van der Waals surface area contributed by atoms with Gasteiger partial charge in [-0.05, 0) is 85.5 Å². The van der Waals surface area contributed by atoms with Crippen LogP contribution >= 0.6 is 0 Å². The molecule has 6 aliphatic rings. The third-order valence-electron chi connectivity index (χ3n) is 11.8. The molecular weight excluding hydrogens is 448 g/mol. The fourth-order valence-corrected chi connectivity index (χ4v) is 10.1. The Hall–Kier alpha value is -1.67. The fourth-order valence-electron chi connectivity index (χ4n) is 10.1. The topological polar surface area (TPSA) is 55.8 Å². The summed E-state index contributed by atoms with van der Waals surface area (Å²) >= 11 is 0. The zero-order chi connectivity index (χ0) is 25.1. The van der Waals surface area contributed by atoms with Crippen molar-refractivity contribution in [2.45, 2.75) is 95.9 Å². The van der Waals surface area contributed by atoms with E-state index in [1.54, 1.807) is 0 Å². The van der Waals surface area contributed by atoms with Crippen LogP contribution in [0.3, 0.4) is 0 Å². The molecule has 4 saturated carbocycles. The molecule has 4 nitrogen and oxygen atoms in total. The van der Waals surface area contributed by atoms with E-state index >= 15 is 0 Å². The number of fused-ring (bicyclic) bond motifs is 4. The van der Waals surface area contributed by atoms with Gasteiger partial charge in [0, 0.05) is 41.1 Å². The Balaban J connectivity index is 1.35. The summed E-state index contributed by atoms with van der Waals surface area (Å²) in [7, 11) is 0. The Morgan fingerprint density at radius 3 is 2.61 bits per heavy atom. The van der Waals surface area contributed by atoms with E-state index in [-0.39, 0.29) is 16.2 Å².